The average molecular weight is 342 g/mol. The maximum Gasteiger partial charge on any atom is 0.145 e. The summed E-state index contributed by atoms with van der Waals surface area (Å²) >= 11 is 0. The van der Waals surface area contributed by atoms with Gasteiger partial charge < -0.3 is 19.5 Å². The zero-order valence-electron chi connectivity index (χ0n) is 14.9. The first-order chi connectivity index (χ1) is 12.1. The SMILES string of the molecule is COc1cccc2c(N3CCC[C@@H]3[C@H]3COCC[C@]3(C)O)ccnc12. The summed E-state index contributed by atoms with van der Waals surface area (Å²) in [5, 5.41) is 12.0. The Hall–Kier alpha value is -1.85. The molecule has 2 aromatic rings. The van der Waals surface area contributed by atoms with Gasteiger partial charge in [-0.05, 0) is 38.3 Å². The van der Waals surface area contributed by atoms with E-state index in [1.807, 2.05) is 25.3 Å². The van der Waals surface area contributed by atoms with Crippen molar-refractivity contribution in [2.24, 2.45) is 5.92 Å². The molecule has 0 spiro atoms. The lowest BCUT2D eigenvalue weighted by Gasteiger charge is -2.44. The second-order valence-electron chi connectivity index (χ2n) is 7.38. The van der Waals surface area contributed by atoms with Gasteiger partial charge in [0.1, 0.15) is 11.3 Å². The quantitative estimate of drug-likeness (QED) is 0.929. The zero-order chi connectivity index (χ0) is 17.4. The summed E-state index contributed by atoms with van der Waals surface area (Å²) in [4.78, 5) is 6.97. The molecule has 3 atom stereocenters. The smallest absolute Gasteiger partial charge is 0.145 e. The predicted octanol–water partition coefficient (Wildman–Crippen LogP) is 3.00. The molecule has 5 heteroatoms. The third-order valence-electron chi connectivity index (χ3n) is 5.85. The predicted molar refractivity (Wildman–Crippen MR) is 98.2 cm³/mol. The van der Waals surface area contributed by atoms with Crippen LogP contribution in [0.15, 0.2) is 30.5 Å². The number of pyridine rings is 1. The van der Waals surface area contributed by atoms with E-state index in [0.29, 0.717) is 19.6 Å². The van der Waals surface area contributed by atoms with Crippen molar-refractivity contribution in [1.29, 1.82) is 0 Å². The number of hydrogen-bond acceptors (Lipinski definition) is 5. The third-order valence-corrected chi connectivity index (χ3v) is 5.85. The molecule has 1 N–H and O–H groups in total. The highest BCUT2D eigenvalue weighted by atomic mass is 16.5. The standard InChI is InChI=1S/C20H26N2O3/c1-20(23)9-12-25-13-15(20)17-6-4-11-22(17)16-8-10-21-19-14(16)5-3-7-18(19)24-2/h3,5,7-8,10,15,17,23H,4,6,9,11-13H2,1-2H3/t15-,17-,20+/m1/s1. The Morgan fingerprint density at radius 3 is 3.04 bits per heavy atom. The molecule has 0 amide bonds. The minimum Gasteiger partial charge on any atom is -0.494 e. The van der Waals surface area contributed by atoms with Crippen LogP contribution in [-0.4, -0.2) is 48.6 Å². The van der Waals surface area contributed by atoms with E-state index in [9.17, 15) is 5.11 Å². The zero-order valence-corrected chi connectivity index (χ0v) is 14.9. The summed E-state index contributed by atoms with van der Waals surface area (Å²) in [5.41, 5.74) is 1.39. The van der Waals surface area contributed by atoms with Crippen LogP contribution in [0.2, 0.25) is 0 Å². The number of hydrogen-bond donors (Lipinski definition) is 1. The van der Waals surface area contributed by atoms with E-state index in [-0.39, 0.29) is 12.0 Å². The molecule has 1 aromatic heterocycles. The normalized spacial score (nSPS) is 30.0. The van der Waals surface area contributed by atoms with Crippen molar-refractivity contribution >= 4 is 16.6 Å². The number of methoxy groups -OCH3 is 1. The van der Waals surface area contributed by atoms with Crippen LogP contribution in [0.1, 0.15) is 26.2 Å². The molecular weight excluding hydrogens is 316 g/mol. The average Bonchev–Trinajstić information content (AvgIpc) is 3.09. The molecule has 4 rings (SSSR count). The van der Waals surface area contributed by atoms with E-state index in [0.717, 1.165) is 36.0 Å². The van der Waals surface area contributed by atoms with Crippen LogP contribution >= 0.6 is 0 Å². The molecule has 2 fully saturated rings. The molecule has 0 bridgehead atoms. The van der Waals surface area contributed by atoms with Crippen LogP contribution in [0.3, 0.4) is 0 Å². The maximum atomic E-state index is 10.9. The van der Waals surface area contributed by atoms with Gasteiger partial charge in [-0.1, -0.05) is 12.1 Å². The fourth-order valence-corrected chi connectivity index (χ4v) is 4.44. The van der Waals surface area contributed by atoms with Crippen LogP contribution in [0.5, 0.6) is 5.75 Å². The second-order valence-corrected chi connectivity index (χ2v) is 7.38. The van der Waals surface area contributed by atoms with Crippen molar-refractivity contribution in [2.75, 3.05) is 31.8 Å². The number of anilines is 1. The van der Waals surface area contributed by atoms with Gasteiger partial charge in [0.05, 0.1) is 19.3 Å². The van der Waals surface area contributed by atoms with Gasteiger partial charge in [0, 0.05) is 42.4 Å². The van der Waals surface area contributed by atoms with E-state index in [1.54, 1.807) is 7.11 Å². The number of fused-ring (bicyclic) bond motifs is 1. The van der Waals surface area contributed by atoms with Crippen LogP contribution in [0.25, 0.3) is 10.9 Å². The molecule has 0 radical (unpaired) electrons. The van der Waals surface area contributed by atoms with Crippen LogP contribution in [0, 0.1) is 5.92 Å². The van der Waals surface area contributed by atoms with Crippen molar-refractivity contribution in [3.8, 4) is 5.75 Å². The summed E-state index contributed by atoms with van der Waals surface area (Å²) in [6.07, 6.45) is 4.76. The molecule has 3 heterocycles. The molecule has 0 unspecified atom stereocenters. The maximum absolute atomic E-state index is 10.9. The van der Waals surface area contributed by atoms with E-state index in [4.69, 9.17) is 9.47 Å². The Bertz CT molecular complexity index is 762. The van der Waals surface area contributed by atoms with Gasteiger partial charge in [-0.15, -0.1) is 0 Å². The van der Waals surface area contributed by atoms with Gasteiger partial charge in [0.25, 0.3) is 0 Å². The van der Waals surface area contributed by atoms with Crippen molar-refractivity contribution in [3.05, 3.63) is 30.5 Å². The number of rotatable bonds is 3. The van der Waals surface area contributed by atoms with Crippen molar-refractivity contribution in [2.45, 2.75) is 37.8 Å². The lowest BCUT2D eigenvalue weighted by molar-refractivity contribution is -0.108. The minimum absolute atomic E-state index is 0.123. The number of nitrogens with zero attached hydrogens (tertiary/aromatic N) is 2. The molecule has 2 aliphatic heterocycles. The van der Waals surface area contributed by atoms with Crippen LogP contribution in [0.4, 0.5) is 5.69 Å². The third kappa shape index (κ3) is 2.85. The van der Waals surface area contributed by atoms with Crippen molar-refractivity contribution in [3.63, 3.8) is 0 Å². The molecule has 2 saturated heterocycles. The van der Waals surface area contributed by atoms with Gasteiger partial charge in [-0.3, -0.25) is 4.98 Å². The van der Waals surface area contributed by atoms with E-state index in [2.05, 4.69) is 22.0 Å². The highest BCUT2D eigenvalue weighted by Gasteiger charge is 2.44. The molecule has 5 nitrogen and oxygen atoms in total. The molecule has 0 saturated carbocycles. The summed E-state index contributed by atoms with van der Waals surface area (Å²) in [6.45, 7) is 4.23. The van der Waals surface area contributed by atoms with Gasteiger partial charge >= 0.3 is 0 Å². The van der Waals surface area contributed by atoms with Crippen LogP contribution in [-0.2, 0) is 4.74 Å². The number of aromatic nitrogens is 1. The van der Waals surface area contributed by atoms with Crippen molar-refractivity contribution < 1.29 is 14.6 Å². The van der Waals surface area contributed by atoms with Gasteiger partial charge in [-0.25, -0.2) is 0 Å². The first-order valence-electron chi connectivity index (χ1n) is 9.10. The Labute approximate surface area is 148 Å². The van der Waals surface area contributed by atoms with Gasteiger partial charge in [-0.2, -0.15) is 0 Å². The number of benzene rings is 1. The summed E-state index contributed by atoms with van der Waals surface area (Å²) in [6, 6.07) is 8.42. The summed E-state index contributed by atoms with van der Waals surface area (Å²) in [7, 11) is 1.68. The Morgan fingerprint density at radius 1 is 1.36 bits per heavy atom. The second kappa shape index (κ2) is 6.46. The molecule has 25 heavy (non-hydrogen) atoms. The monoisotopic (exact) mass is 342 g/mol. The lowest BCUT2D eigenvalue weighted by atomic mass is 9.79. The Balaban J connectivity index is 1.75. The number of ether oxygens (including phenoxy) is 2. The lowest BCUT2D eigenvalue weighted by Crippen LogP contribution is -2.52. The fraction of sp³-hybridized carbons (Fsp3) is 0.550. The molecule has 0 aliphatic carbocycles. The fourth-order valence-electron chi connectivity index (χ4n) is 4.44. The topological polar surface area (TPSA) is 54.8 Å². The summed E-state index contributed by atoms with van der Waals surface area (Å²) < 4.78 is 11.2. The van der Waals surface area contributed by atoms with E-state index >= 15 is 0 Å². The highest BCUT2D eigenvalue weighted by molar-refractivity contribution is 5.95. The largest absolute Gasteiger partial charge is 0.494 e. The Morgan fingerprint density at radius 2 is 2.24 bits per heavy atom. The molecule has 134 valence electrons. The van der Waals surface area contributed by atoms with Gasteiger partial charge in [0.2, 0.25) is 0 Å². The molecule has 1 aromatic carbocycles. The first kappa shape index (κ1) is 16.6. The number of aliphatic hydroxyl groups is 1. The number of para-hydroxylation sites is 1. The van der Waals surface area contributed by atoms with Gasteiger partial charge in [0.15, 0.2) is 0 Å². The first-order valence-corrected chi connectivity index (χ1v) is 9.10. The van der Waals surface area contributed by atoms with E-state index in [1.165, 1.54) is 5.69 Å². The molecular formula is C20H26N2O3. The van der Waals surface area contributed by atoms with E-state index < -0.39 is 5.60 Å². The highest BCUT2D eigenvalue weighted by Crippen LogP contribution is 2.40. The van der Waals surface area contributed by atoms with Crippen molar-refractivity contribution in [1.82, 2.24) is 4.98 Å². The molecule has 2 aliphatic rings. The summed E-state index contributed by atoms with van der Waals surface area (Å²) in [5.74, 6) is 0.917. The minimum atomic E-state index is -0.675. The van der Waals surface area contributed by atoms with Crippen LogP contribution < -0.4 is 9.64 Å². The Kier molecular flexibility index (Phi) is 4.29.